The Morgan fingerprint density at radius 1 is 1.50 bits per heavy atom. The van der Waals surface area contributed by atoms with E-state index >= 15 is 0 Å². The molecule has 2 heterocycles. The van der Waals surface area contributed by atoms with Crippen LogP contribution in [0.25, 0.3) is 0 Å². The van der Waals surface area contributed by atoms with Crippen LogP contribution in [0.5, 0.6) is 0 Å². The number of nitrogens with one attached hydrogen (secondary N) is 2. The molecule has 0 aromatic carbocycles. The maximum atomic E-state index is 12.3. The maximum absolute atomic E-state index is 12.3. The monoisotopic (exact) mass is 254 g/mol. The summed E-state index contributed by atoms with van der Waals surface area (Å²) in [7, 11) is 0. The van der Waals surface area contributed by atoms with Gasteiger partial charge in [-0.1, -0.05) is 0 Å². The predicted octanol–water partition coefficient (Wildman–Crippen LogP) is 1.41. The van der Waals surface area contributed by atoms with Crippen LogP contribution in [-0.2, 0) is 13.1 Å². The number of nitrogens with zero attached hydrogens (tertiary/aromatic N) is 2. The van der Waals surface area contributed by atoms with Crippen molar-refractivity contribution in [3.63, 3.8) is 0 Å². The minimum atomic E-state index is -2.49. The van der Waals surface area contributed by atoms with E-state index in [2.05, 4.69) is 15.5 Å². The van der Waals surface area contributed by atoms with Crippen LogP contribution in [0.1, 0.15) is 16.2 Å². The Kier molecular flexibility index (Phi) is 3.71. The number of carbonyl (C=O) groups is 1. The fourth-order valence-electron chi connectivity index (χ4n) is 1.58. The molecule has 0 bridgehead atoms. The summed E-state index contributed by atoms with van der Waals surface area (Å²) in [5, 5.41) is 9.06. The van der Waals surface area contributed by atoms with E-state index in [-0.39, 0.29) is 12.2 Å². The minimum Gasteiger partial charge on any atom is -0.345 e. The van der Waals surface area contributed by atoms with E-state index in [1.165, 1.54) is 16.8 Å². The molecule has 2 aromatic rings. The summed E-state index contributed by atoms with van der Waals surface area (Å²) in [4.78, 5) is 11.8. The molecule has 0 atom stereocenters. The lowest BCUT2D eigenvalue weighted by atomic mass is 10.3. The molecule has 0 saturated carbocycles. The number of amides is 1. The second-order valence-corrected chi connectivity index (χ2v) is 3.70. The average molecular weight is 254 g/mol. The third-order valence-corrected chi connectivity index (χ3v) is 2.39. The Morgan fingerprint density at radius 2 is 2.33 bits per heavy atom. The Bertz CT molecular complexity index is 507. The molecule has 2 N–H and O–H groups in total. The van der Waals surface area contributed by atoms with Crippen molar-refractivity contribution in [2.75, 3.05) is 0 Å². The zero-order chi connectivity index (χ0) is 13.0. The van der Waals surface area contributed by atoms with Crippen molar-refractivity contribution in [1.82, 2.24) is 20.1 Å². The van der Waals surface area contributed by atoms with Crippen LogP contribution < -0.4 is 5.32 Å². The molecule has 0 aliphatic rings. The topological polar surface area (TPSA) is 62.7 Å². The zero-order valence-corrected chi connectivity index (χ0v) is 9.44. The molecule has 0 aliphatic heterocycles. The molecule has 1 amide bonds. The molecule has 0 fully saturated rings. The van der Waals surface area contributed by atoms with E-state index in [4.69, 9.17) is 0 Å². The number of carbonyl (C=O) groups excluding carboxylic acids is 1. The second kappa shape index (κ2) is 5.44. The van der Waals surface area contributed by atoms with Crippen molar-refractivity contribution in [1.29, 1.82) is 0 Å². The molecule has 0 spiro atoms. The zero-order valence-electron chi connectivity index (χ0n) is 9.44. The van der Waals surface area contributed by atoms with Gasteiger partial charge in [-0.25, -0.2) is 8.78 Å². The number of alkyl halides is 2. The lowest BCUT2D eigenvalue weighted by molar-refractivity contribution is 0.0927. The van der Waals surface area contributed by atoms with Crippen LogP contribution in [0.4, 0.5) is 8.78 Å². The Labute approximate surface area is 102 Å². The van der Waals surface area contributed by atoms with Crippen LogP contribution in [0, 0.1) is 0 Å². The van der Waals surface area contributed by atoms with Crippen LogP contribution in [-0.4, -0.2) is 27.1 Å². The van der Waals surface area contributed by atoms with E-state index in [0.29, 0.717) is 0 Å². The van der Waals surface area contributed by atoms with E-state index < -0.39 is 18.9 Å². The van der Waals surface area contributed by atoms with E-state index in [1.807, 2.05) is 0 Å². The summed E-state index contributed by atoms with van der Waals surface area (Å²) in [6, 6.07) is 4.79. The number of halogens is 2. The highest BCUT2D eigenvalue weighted by Crippen LogP contribution is 2.06. The summed E-state index contributed by atoms with van der Waals surface area (Å²) in [5.74, 6) is -0.393. The molecule has 96 valence electrons. The lowest BCUT2D eigenvalue weighted by Crippen LogP contribution is -2.26. The van der Waals surface area contributed by atoms with Crippen molar-refractivity contribution in [2.24, 2.45) is 0 Å². The first-order chi connectivity index (χ1) is 8.66. The smallest absolute Gasteiger partial charge is 0.268 e. The molecule has 0 unspecified atom stereocenters. The number of aromatic amines is 1. The molecule has 0 aliphatic carbocycles. The first-order valence-electron chi connectivity index (χ1n) is 5.36. The first kappa shape index (κ1) is 12.3. The second-order valence-electron chi connectivity index (χ2n) is 3.70. The van der Waals surface area contributed by atoms with Gasteiger partial charge >= 0.3 is 0 Å². The van der Waals surface area contributed by atoms with Gasteiger partial charge < -0.3 is 9.88 Å². The van der Waals surface area contributed by atoms with Crippen molar-refractivity contribution >= 4 is 5.91 Å². The van der Waals surface area contributed by atoms with Gasteiger partial charge in [-0.2, -0.15) is 5.10 Å². The van der Waals surface area contributed by atoms with Crippen LogP contribution >= 0.6 is 0 Å². The fraction of sp³-hybridized carbons (Fsp3) is 0.273. The predicted molar refractivity (Wildman–Crippen MR) is 60.2 cm³/mol. The van der Waals surface area contributed by atoms with Crippen molar-refractivity contribution in [3.05, 3.63) is 42.0 Å². The molecule has 2 rings (SSSR count). The quantitative estimate of drug-likeness (QED) is 0.847. The van der Waals surface area contributed by atoms with Crippen LogP contribution in [0.3, 0.4) is 0 Å². The number of hydrogen-bond donors (Lipinski definition) is 2. The molecule has 2 aromatic heterocycles. The highest BCUT2D eigenvalue weighted by atomic mass is 19.3. The molecule has 5 nitrogen and oxygen atoms in total. The Morgan fingerprint density at radius 3 is 3.00 bits per heavy atom. The lowest BCUT2D eigenvalue weighted by Gasteiger charge is -2.08. The van der Waals surface area contributed by atoms with Crippen molar-refractivity contribution < 1.29 is 13.6 Å². The molecule has 7 heteroatoms. The molecular formula is C11H12F2N4O. The summed E-state index contributed by atoms with van der Waals surface area (Å²) in [6.07, 6.45) is 0.537. The number of aromatic nitrogens is 3. The average Bonchev–Trinajstić information content (AvgIpc) is 2.95. The van der Waals surface area contributed by atoms with Gasteiger partial charge in [0.05, 0.1) is 18.8 Å². The number of rotatable bonds is 5. The molecule has 0 radical (unpaired) electrons. The first-order valence-corrected chi connectivity index (χ1v) is 5.36. The van der Waals surface area contributed by atoms with Gasteiger partial charge in [0.1, 0.15) is 5.69 Å². The number of hydrogen-bond acceptors (Lipinski definition) is 2. The van der Waals surface area contributed by atoms with E-state index in [9.17, 15) is 13.6 Å². The SMILES string of the molecule is O=C(NCc1ccn[nH]1)c1cccn1CC(F)F. The van der Waals surface area contributed by atoms with E-state index in [1.54, 1.807) is 18.3 Å². The van der Waals surface area contributed by atoms with Gasteiger partial charge in [-0.05, 0) is 18.2 Å². The largest absolute Gasteiger partial charge is 0.345 e. The van der Waals surface area contributed by atoms with Gasteiger partial charge in [0.15, 0.2) is 0 Å². The van der Waals surface area contributed by atoms with Crippen molar-refractivity contribution in [3.8, 4) is 0 Å². The Hall–Kier alpha value is -2.18. The maximum Gasteiger partial charge on any atom is 0.268 e. The highest BCUT2D eigenvalue weighted by molar-refractivity contribution is 5.92. The minimum absolute atomic E-state index is 0.217. The van der Waals surface area contributed by atoms with Gasteiger partial charge in [-0.3, -0.25) is 9.89 Å². The fourth-order valence-corrected chi connectivity index (χ4v) is 1.58. The molecule has 18 heavy (non-hydrogen) atoms. The van der Waals surface area contributed by atoms with Crippen LogP contribution in [0.2, 0.25) is 0 Å². The normalized spacial score (nSPS) is 10.8. The number of H-pyrrole nitrogens is 1. The third kappa shape index (κ3) is 2.93. The van der Waals surface area contributed by atoms with Gasteiger partial charge in [-0.15, -0.1) is 0 Å². The standard InChI is InChI=1S/C11H12F2N4O/c12-10(13)7-17-5-1-2-9(17)11(18)14-6-8-3-4-15-16-8/h1-5,10H,6-7H2,(H,14,18)(H,15,16). The van der Waals surface area contributed by atoms with Gasteiger partial charge in [0, 0.05) is 12.4 Å². The molecule has 0 saturated heterocycles. The van der Waals surface area contributed by atoms with Gasteiger partial charge in [0.2, 0.25) is 0 Å². The summed E-state index contributed by atoms with van der Waals surface area (Å²) >= 11 is 0. The third-order valence-electron chi connectivity index (χ3n) is 2.39. The van der Waals surface area contributed by atoms with Gasteiger partial charge in [0.25, 0.3) is 12.3 Å². The highest BCUT2D eigenvalue weighted by Gasteiger charge is 2.13. The summed E-state index contributed by atoms with van der Waals surface area (Å²) < 4.78 is 25.8. The molecular weight excluding hydrogens is 242 g/mol. The van der Waals surface area contributed by atoms with Crippen LogP contribution in [0.15, 0.2) is 30.6 Å². The van der Waals surface area contributed by atoms with E-state index in [0.717, 1.165) is 5.69 Å². The summed E-state index contributed by atoms with van der Waals surface area (Å²) in [5.41, 5.74) is 0.963. The van der Waals surface area contributed by atoms with Crippen molar-refractivity contribution in [2.45, 2.75) is 19.5 Å². The Balaban J connectivity index is 1.98. The summed E-state index contributed by atoms with van der Waals surface area (Å²) in [6.45, 7) is -0.210.